The second kappa shape index (κ2) is 6.58. The van der Waals surface area contributed by atoms with Gasteiger partial charge in [-0.1, -0.05) is 15.9 Å². The summed E-state index contributed by atoms with van der Waals surface area (Å²) in [5.41, 5.74) is 0.327. The molecular weight excluding hydrogens is 343 g/mol. The van der Waals surface area contributed by atoms with Crippen LogP contribution in [-0.4, -0.2) is 18.2 Å². The summed E-state index contributed by atoms with van der Waals surface area (Å²) in [4.78, 5) is 11.1. The topological polar surface area (TPSA) is 55.8 Å². The minimum absolute atomic E-state index is 0.0123. The Bertz CT molecular complexity index is 673. The smallest absolute Gasteiger partial charge is 0.339 e. The summed E-state index contributed by atoms with van der Waals surface area (Å²) >= 11 is 3.20. The molecule has 0 aliphatic heterocycles. The molecule has 2 aromatic rings. The minimum Gasteiger partial charge on any atom is -0.497 e. The average Bonchev–Trinajstić information content (AvgIpc) is 2.46. The van der Waals surface area contributed by atoms with E-state index in [0.29, 0.717) is 15.8 Å². The Morgan fingerprint density at radius 2 is 2.05 bits per heavy atom. The minimum atomic E-state index is -1.11. The highest BCUT2D eigenvalue weighted by atomic mass is 79.9. The SMILES string of the molecule is COc1ccc(COc2ccc(Br)cc2C(=O)O)c(F)c1. The number of carboxylic acid groups (broad SMARTS) is 1. The molecule has 0 aliphatic rings. The molecule has 0 spiro atoms. The van der Waals surface area contributed by atoms with E-state index in [1.165, 1.54) is 31.4 Å². The fourth-order valence-corrected chi connectivity index (χ4v) is 2.08. The van der Waals surface area contributed by atoms with Gasteiger partial charge in [-0.15, -0.1) is 0 Å². The van der Waals surface area contributed by atoms with Crippen LogP contribution in [0.4, 0.5) is 4.39 Å². The molecule has 2 rings (SSSR count). The number of halogens is 2. The van der Waals surface area contributed by atoms with Crippen molar-refractivity contribution in [3.05, 3.63) is 57.8 Å². The van der Waals surface area contributed by atoms with Crippen molar-refractivity contribution < 1.29 is 23.8 Å². The zero-order valence-corrected chi connectivity index (χ0v) is 12.7. The van der Waals surface area contributed by atoms with Gasteiger partial charge in [0.1, 0.15) is 29.5 Å². The van der Waals surface area contributed by atoms with Gasteiger partial charge in [-0.3, -0.25) is 0 Å². The highest BCUT2D eigenvalue weighted by Gasteiger charge is 2.13. The first-order chi connectivity index (χ1) is 10.0. The zero-order chi connectivity index (χ0) is 15.4. The first-order valence-corrected chi connectivity index (χ1v) is 6.78. The van der Waals surface area contributed by atoms with Gasteiger partial charge in [-0.2, -0.15) is 0 Å². The summed E-state index contributed by atoms with van der Waals surface area (Å²) in [6.07, 6.45) is 0. The van der Waals surface area contributed by atoms with E-state index in [0.717, 1.165) is 0 Å². The molecule has 0 aliphatic carbocycles. The molecule has 0 heterocycles. The molecule has 110 valence electrons. The summed E-state index contributed by atoms with van der Waals surface area (Å²) in [5, 5.41) is 9.12. The van der Waals surface area contributed by atoms with Crippen LogP contribution in [0.5, 0.6) is 11.5 Å². The third kappa shape index (κ3) is 3.72. The monoisotopic (exact) mass is 354 g/mol. The summed E-state index contributed by atoms with van der Waals surface area (Å²) in [5.74, 6) is -0.989. The van der Waals surface area contributed by atoms with E-state index < -0.39 is 11.8 Å². The zero-order valence-electron chi connectivity index (χ0n) is 11.1. The normalized spacial score (nSPS) is 10.2. The van der Waals surface area contributed by atoms with E-state index in [1.807, 2.05) is 0 Å². The van der Waals surface area contributed by atoms with Gasteiger partial charge in [0.15, 0.2) is 0 Å². The van der Waals surface area contributed by atoms with Gasteiger partial charge in [-0.25, -0.2) is 9.18 Å². The number of hydrogen-bond acceptors (Lipinski definition) is 3. The molecule has 0 saturated carbocycles. The van der Waals surface area contributed by atoms with Crippen molar-refractivity contribution in [3.63, 3.8) is 0 Å². The van der Waals surface area contributed by atoms with E-state index in [2.05, 4.69) is 15.9 Å². The summed E-state index contributed by atoms with van der Waals surface area (Å²) in [7, 11) is 1.45. The van der Waals surface area contributed by atoms with Crippen LogP contribution in [0.15, 0.2) is 40.9 Å². The molecule has 0 atom stereocenters. The third-order valence-corrected chi connectivity index (χ3v) is 3.31. The Morgan fingerprint density at radius 1 is 1.29 bits per heavy atom. The molecule has 1 N–H and O–H groups in total. The van der Waals surface area contributed by atoms with Gasteiger partial charge in [0.2, 0.25) is 0 Å². The van der Waals surface area contributed by atoms with Crippen molar-refractivity contribution in [2.24, 2.45) is 0 Å². The largest absolute Gasteiger partial charge is 0.497 e. The van der Waals surface area contributed by atoms with Gasteiger partial charge >= 0.3 is 5.97 Å². The number of carbonyl (C=O) groups is 1. The van der Waals surface area contributed by atoms with Crippen LogP contribution in [0.1, 0.15) is 15.9 Å². The standard InChI is InChI=1S/C15H12BrFO4/c1-20-11-4-2-9(13(17)7-11)8-21-14-5-3-10(16)6-12(14)15(18)19/h2-7H,8H2,1H3,(H,18,19). The van der Waals surface area contributed by atoms with Crippen LogP contribution in [0.3, 0.4) is 0 Å². The quantitative estimate of drug-likeness (QED) is 0.885. The van der Waals surface area contributed by atoms with Gasteiger partial charge in [0.05, 0.1) is 7.11 Å². The van der Waals surface area contributed by atoms with Crippen molar-refractivity contribution in [2.75, 3.05) is 7.11 Å². The fourth-order valence-electron chi connectivity index (χ4n) is 1.72. The number of hydrogen-bond donors (Lipinski definition) is 1. The second-order valence-electron chi connectivity index (χ2n) is 4.19. The Hall–Kier alpha value is -2.08. The first kappa shape index (κ1) is 15.3. The molecule has 6 heteroatoms. The maximum Gasteiger partial charge on any atom is 0.339 e. The molecule has 0 unspecified atom stereocenters. The molecule has 21 heavy (non-hydrogen) atoms. The van der Waals surface area contributed by atoms with Gasteiger partial charge in [-0.05, 0) is 30.3 Å². The first-order valence-electron chi connectivity index (χ1n) is 5.99. The molecule has 0 fully saturated rings. The number of benzene rings is 2. The lowest BCUT2D eigenvalue weighted by molar-refractivity contribution is 0.0691. The maximum absolute atomic E-state index is 13.8. The van der Waals surface area contributed by atoms with Crippen LogP contribution in [0.2, 0.25) is 0 Å². The summed E-state index contributed by atoms with van der Waals surface area (Å²) in [6.45, 7) is -0.0717. The lowest BCUT2D eigenvalue weighted by Gasteiger charge is -2.11. The Kier molecular flexibility index (Phi) is 4.80. The fraction of sp³-hybridized carbons (Fsp3) is 0.133. The van der Waals surface area contributed by atoms with E-state index in [4.69, 9.17) is 14.6 Å². The maximum atomic E-state index is 13.8. The summed E-state index contributed by atoms with van der Waals surface area (Å²) in [6, 6.07) is 9.01. The van der Waals surface area contributed by atoms with Crippen LogP contribution in [0.25, 0.3) is 0 Å². The van der Waals surface area contributed by atoms with E-state index in [-0.39, 0.29) is 17.9 Å². The van der Waals surface area contributed by atoms with Crippen molar-refractivity contribution in [1.82, 2.24) is 0 Å². The molecule has 4 nitrogen and oxygen atoms in total. The molecule has 2 aromatic carbocycles. The van der Waals surface area contributed by atoms with Crippen molar-refractivity contribution in [3.8, 4) is 11.5 Å². The number of carboxylic acids is 1. The van der Waals surface area contributed by atoms with Gasteiger partial charge < -0.3 is 14.6 Å². The molecular formula is C15H12BrFO4. The van der Waals surface area contributed by atoms with E-state index in [9.17, 15) is 9.18 Å². The predicted molar refractivity (Wildman–Crippen MR) is 78.4 cm³/mol. The Labute approximate surface area is 129 Å². The van der Waals surface area contributed by atoms with Crippen molar-refractivity contribution in [1.29, 1.82) is 0 Å². The average molecular weight is 355 g/mol. The second-order valence-corrected chi connectivity index (χ2v) is 5.11. The highest BCUT2D eigenvalue weighted by molar-refractivity contribution is 9.10. The van der Waals surface area contributed by atoms with Gasteiger partial charge in [0.25, 0.3) is 0 Å². The molecule has 0 radical (unpaired) electrons. The highest BCUT2D eigenvalue weighted by Crippen LogP contribution is 2.25. The lowest BCUT2D eigenvalue weighted by atomic mass is 10.2. The number of aromatic carboxylic acids is 1. The molecule has 0 saturated heterocycles. The van der Waals surface area contributed by atoms with Crippen LogP contribution >= 0.6 is 15.9 Å². The van der Waals surface area contributed by atoms with Gasteiger partial charge in [0, 0.05) is 16.1 Å². The van der Waals surface area contributed by atoms with Crippen molar-refractivity contribution in [2.45, 2.75) is 6.61 Å². The Balaban J connectivity index is 2.18. The van der Waals surface area contributed by atoms with Crippen molar-refractivity contribution >= 4 is 21.9 Å². The van der Waals surface area contributed by atoms with Crippen LogP contribution < -0.4 is 9.47 Å². The number of methoxy groups -OCH3 is 1. The lowest BCUT2D eigenvalue weighted by Crippen LogP contribution is -2.04. The number of ether oxygens (including phenoxy) is 2. The number of rotatable bonds is 5. The molecule has 0 amide bonds. The molecule has 0 bridgehead atoms. The van der Waals surface area contributed by atoms with Crippen LogP contribution in [0, 0.1) is 5.82 Å². The molecule has 0 aromatic heterocycles. The summed E-state index contributed by atoms with van der Waals surface area (Å²) < 4.78 is 24.7. The third-order valence-electron chi connectivity index (χ3n) is 2.82. The Morgan fingerprint density at radius 3 is 2.67 bits per heavy atom. The van der Waals surface area contributed by atoms with E-state index in [1.54, 1.807) is 12.1 Å². The van der Waals surface area contributed by atoms with E-state index >= 15 is 0 Å². The predicted octanol–water partition coefficient (Wildman–Crippen LogP) is 3.87. The van der Waals surface area contributed by atoms with Crippen LogP contribution in [-0.2, 0) is 6.61 Å².